The number of aliphatic hydroxyl groups is 5. The van der Waals surface area contributed by atoms with Gasteiger partial charge >= 0.3 is 14.8 Å². The first-order valence-electron chi connectivity index (χ1n) is 6.30. The van der Waals surface area contributed by atoms with Gasteiger partial charge in [0, 0.05) is 49.7 Å². The number of rotatable bonds is 4. The predicted octanol–water partition coefficient (Wildman–Crippen LogP) is -8.01. The van der Waals surface area contributed by atoms with Crippen LogP contribution in [0, 0.1) is 0 Å². The van der Waals surface area contributed by atoms with Crippen LogP contribution >= 0.6 is 0 Å². The SMILES string of the molecule is CC(O)C(=O)O.CC(O)C(=O)O.CC(O)C(=O)[O-].CC(O)C([O-])O.O.O.O.O.[H+].[H+].[Ti].[Ti]. The van der Waals surface area contributed by atoms with E-state index in [4.69, 9.17) is 35.7 Å². The number of aliphatic hydroxyl groups excluding tert-OH is 5. The summed E-state index contributed by atoms with van der Waals surface area (Å²) in [5.41, 5.74) is 0. The molecule has 0 aromatic carbocycles. The maximum Gasteiger partial charge on any atom is 1.00 e. The van der Waals surface area contributed by atoms with Gasteiger partial charge in [0.05, 0.1) is 18.2 Å². The molecule has 30 heavy (non-hydrogen) atoms. The van der Waals surface area contributed by atoms with Gasteiger partial charge in [-0.05, 0) is 27.7 Å². The quantitative estimate of drug-likeness (QED) is 0.132. The van der Waals surface area contributed by atoms with Crippen molar-refractivity contribution in [2.45, 2.75) is 58.4 Å². The van der Waals surface area contributed by atoms with Gasteiger partial charge < -0.3 is 72.7 Å². The van der Waals surface area contributed by atoms with E-state index in [-0.39, 0.29) is 68.2 Å². The molecule has 0 saturated heterocycles. The van der Waals surface area contributed by atoms with Crippen molar-refractivity contribution in [2.75, 3.05) is 0 Å². The molecule has 0 saturated carbocycles. The van der Waals surface area contributed by atoms with E-state index in [1.165, 1.54) is 20.8 Å². The third-order valence-electron chi connectivity index (χ3n) is 1.47. The van der Waals surface area contributed by atoms with E-state index < -0.39 is 48.6 Å². The van der Waals surface area contributed by atoms with Crippen LogP contribution in [0.15, 0.2) is 0 Å². The van der Waals surface area contributed by atoms with E-state index in [1.807, 2.05) is 0 Å². The van der Waals surface area contributed by atoms with Crippen molar-refractivity contribution >= 4 is 17.9 Å². The summed E-state index contributed by atoms with van der Waals surface area (Å²) in [6, 6.07) is 0. The third kappa shape index (κ3) is 80.5. The van der Waals surface area contributed by atoms with Gasteiger partial charge in [-0.1, -0.05) is 0 Å². The maximum atomic E-state index is 9.53. The van der Waals surface area contributed by atoms with Gasteiger partial charge in [-0.15, -0.1) is 0 Å². The topological polar surface area (TPSA) is 365 Å². The summed E-state index contributed by atoms with van der Waals surface area (Å²) in [4.78, 5) is 28.2. The van der Waals surface area contributed by atoms with E-state index in [9.17, 15) is 24.6 Å². The predicted molar refractivity (Wildman–Crippen MR) is 89.7 cm³/mol. The minimum atomic E-state index is -1.84. The van der Waals surface area contributed by atoms with Crippen LogP contribution < -0.4 is 10.2 Å². The first-order chi connectivity index (χ1) is 10.6. The van der Waals surface area contributed by atoms with Gasteiger partial charge in [-0.3, -0.25) is 0 Å². The Hall–Kier alpha value is -0.561. The number of hydrogen-bond donors (Lipinski definition) is 7. The van der Waals surface area contributed by atoms with Crippen LogP contribution in [0.1, 0.15) is 30.5 Å². The first-order valence-corrected chi connectivity index (χ1v) is 6.30. The second-order valence-corrected chi connectivity index (χ2v) is 4.15. The molecule has 0 rings (SSSR count). The van der Waals surface area contributed by atoms with Crippen LogP contribution in [0.3, 0.4) is 0 Å². The van der Waals surface area contributed by atoms with Crippen molar-refractivity contribution in [3.05, 3.63) is 0 Å². The smallest absolute Gasteiger partial charge is 0.829 e. The molecule has 5 atom stereocenters. The fraction of sp³-hybridized carbons (Fsp3) is 0.750. The number of aliphatic carboxylic acids is 3. The molecule has 0 aliphatic carbocycles. The zero-order chi connectivity index (χ0) is 20.6. The Balaban J connectivity index is -0.0000000154. The van der Waals surface area contributed by atoms with Crippen LogP contribution in [0.25, 0.3) is 0 Å². The molecule has 186 valence electrons. The Morgan fingerprint density at radius 1 is 0.667 bits per heavy atom. The standard InChI is InChI=1S/C3H7O3.3C3H6O3.4H2O.2Ti/c4*1-2(4)3(5)6;;;;;;/h2-5H,1H3;3*2,4H,1H3,(H,5,6);4*1H2;;/q-1;;;;;;;;;/p+1. The summed E-state index contributed by atoms with van der Waals surface area (Å²) >= 11 is 0. The number of carboxylic acid groups (broad SMARTS) is 3. The molecular weight excluding hydrogens is 496 g/mol. The summed E-state index contributed by atoms with van der Waals surface area (Å²) in [6.45, 7) is 4.76. The average Bonchev–Trinajstić information content (AvgIpc) is 2.40. The largest absolute Gasteiger partial charge is 1.00 e. The van der Waals surface area contributed by atoms with Crippen LogP contribution in [0.2, 0.25) is 0 Å². The van der Waals surface area contributed by atoms with Crippen molar-refractivity contribution in [3.8, 4) is 0 Å². The minimum Gasteiger partial charge on any atom is -0.829 e. The van der Waals surface area contributed by atoms with Gasteiger partial charge in [-0.2, -0.15) is 0 Å². The van der Waals surface area contributed by atoms with Crippen LogP contribution in [0.4, 0.5) is 0 Å². The van der Waals surface area contributed by atoms with Crippen LogP contribution in [-0.2, 0) is 57.8 Å². The Morgan fingerprint density at radius 2 is 0.767 bits per heavy atom. The molecule has 0 spiro atoms. The molecule has 0 fully saturated rings. The Kier molecular flexibility index (Phi) is 81.9. The zero-order valence-corrected chi connectivity index (χ0v) is 19.7. The van der Waals surface area contributed by atoms with Crippen molar-refractivity contribution in [1.29, 1.82) is 0 Å². The second kappa shape index (κ2) is 39.0. The van der Waals surface area contributed by atoms with E-state index in [0.717, 1.165) is 6.92 Å². The van der Waals surface area contributed by atoms with Gasteiger partial charge in [0.25, 0.3) is 0 Å². The zero-order valence-electron chi connectivity index (χ0n) is 18.6. The summed E-state index contributed by atoms with van der Waals surface area (Å²) in [5.74, 6) is -3.81. The average molecular weight is 530 g/mol. The fourth-order valence-electron chi connectivity index (χ4n) is 0. The van der Waals surface area contributed by atoms with Crippen LogP contribution in [-0.4, -0.2) is 106 Å². The van der Waals surface area contributed by atoms with Gasteiger partial charge in [-0.25, -0.2) is 9.59 Å². The monoisotopic (exact) mass is 530 g/mol. The fourth-order valence-corrected chi connectivity index (χ4v) is 0. The third-order valence-corrected chi connectivity index (χ3v) is 1.47. The molecule has 0 aromatic rings. The molecule has 0 radical (unpaired) electrons. The molecule has 16 nitrogen and oxygen atoms in total. The molecule has 18 heteroatoms. The number of carbonyl (C=O) groups is 3. The molecule has 0 amide bonds. The number of carboxylic acids is 3. The molecular formula is C12H34O16Ti2. The molecule has 0 aliphatic rings. The van der Waals surface area contributed by atoms with Crippen molar-refractivity contribution in [3.63, 3.8) is 0 Å². The normalized spacial score (nSPS) is 12.2. The Bertz CT molecular complexity index is 311. The molecule has 0 aliphatic heterocycles. The minimum absolute atomic E-state index is 0. The number of carbonyl (C=O) groups excluding carboxylic acids is 1. The van der Waals surface area contributed by atoms with Crippen molar-refractivity contribution < 1.29 is 129 Å². The maximum absolute atomic E-state index is 9.53. The molecule has 0 bridgehead atoms. The van der Waals surface area contributed by atoms with Gasteiger partial charge in [0.1, 0.15) is 12.2 Å². The Labute approximate surface area is 204 Å². The molecule has 0 aromatic heterocycles. The Morgan fingerprint density at radius 3 is 0.767 bits per heavy atom. The van der Waals surface area contributed by atoms with E-state index in [2.05, 4.69) is 0 Å². The molecule has 15 N–H and O–H groups in total. The van der Waals surface area contributed by atoms with Crippen LogP contribution in [0.5, 0.6) is 0 Å². The summed E-state index contributed by atoms with van der Waals surface area (Å²) in [6.07, 6.45) is -6.80. The van der Waals surface area contributed by atoms with Crippen molar-refractivity contribution in [2.24, 2.45) is 0 Å². The summed E-state index contributed by atoms with van der Waals surface area (Å²) < 4.78 is 0. The van der Waals surface area contributed by atoms with Gasteiger partial charge in [0.15, 0.2) is 0 Å². The molecule has 5 unspecified atom stereocenters. The van der Waals surface area contributed by atoms with Crippen molar-refractivity contribution in [1.82, 2.24) is 0 Å². The second-order valence-electron chi connectivity index (χ2n) is 4.15. The van der Waals surface area contributed by atoms with E-state index in [0.29, 0.717) is 0 Å². The van der Waals surface area contributed by atoms with Gasteiger partial charge in [0.2, 0.25) is 0 Å². The first kappa shape index (κ1) is 63.0. The summed E-state index contributed by atoms with van der Waals surface area (Å²) in [5, 5.41) is 74.3. The molecule has 0 heterocycles. The number of hydrogen-bond acceptors (Lipinski definition) is 10. The van der Waals surface area contributed by atoms with E-state index >= 15 is 0 Å². The van der Waals surface area contributed by atoms with E-state index in [1.54, 1.807) is 0 Å². The summed E-state index contributed by atoms with van der Waals surface area (Å²) in [7, 11) is 0.